The Morgan fingerprint density at radius 3 is 2.60 bits per heavy atom. The number of aryl methyl sites for hydroxylation is 1. The Hall–Kier alpha value is -2.83. The number of thiazole rings is 1. The maximum atomic E-state index is 13.3. The summed E-state index contributed by atoms with van der Waals surface area (Å²) in [5.41, 5.74) is 4.72. The zero-order valence-corrected chi connectivity index (χ0v) is 26.1. The summed E-state index contributed by atoms with van der Waals surface area (Å²) in [4.78, 5) is 30.0. The molecule has 1 amide bonds. The van der Waals surface area contributed by atoms with Crippen LogP contribution in [0.25, 0.3) is 10.2 Å². The van der Waals surface area contributed by atoms with Gasteiger partial charge in [0.2, 0.25) is 10.0 Å². The number of rotatable bonds is 16. The Bertz CT molecular complexity index is 1550. The second-order valence-corrected chi connectivity index (χ2v) is 14.4. The average Bonchev–Trinajstić information content (AvgIpc) is 3.41. The quantitative estimate of drug-likeness (QED) is 0.0730. The minimum Gasteiger partial charge on any atom is -0.294 e. The number of hydroxylamine groups is 1. The lowest BCUT2D eigenvalue weighted by atomic mass is 9.90. The van der Waals surface area contributed by atoms with Crippen LogP contribution in [0.2, 0.25) is 0 Å². The molecule has 0 saturated heterocycles. The first kappa shape index (κ1) is 32.1. The number of nitrogens with one attached hydrogen (secondary N) is 2. The molecule has 0 radical (unpaired) electrons. The van der Waals surface area contributed by atoms with Crippen LogP contribution < -0.4 is 10.2 Å². The number of Topliss-reactive ketones (excluding diaryl/α,β-unsaturated/α-hetero) is 1. The molecule has 1 atom stereocenters. The van der Waals surface area contributed by atoms with Gasteiger partial charge < -0.3 is 0 Å². The van der Waals surface area contributed by atoms with Gasteiger partial charge in [0, 0.05) is 18.6 Å². The van der Waals surface area contributed by atoms with Crippen molar-refractivity contribution in [3.63, 3.8) is 0 Å². The molecule has 0 bridgehead atoms. The molecule has 0 fully saturated rings. The minimum absolute atomic E-state index is 0.0162. The summed E-state index contributed by atoms with van der Waals surface area (Å²) >= 11 is 3.11. The Labute approximate surface area is 255 Å². The molecule has 2 aromatic carbocycles. The number of nitrogens with zero attached hydrogens (tertiary/aromatic N) is 1. The van der Waals surface area contributed by atoms with Crippen LogP contribution in [0.1, 0.15) is 63.9 Å². The van der Waals surface area contributed by atoms with E-state index in [1.807, 2.05) is 36.4 Å². The number of amides is 1. The highest BCUT2D eigenvalue weighted by molar-refractivity contribution is 8.01. The number of benzene rings is 2. The molecule has 0 spiro atoms. The first-order valence-corrected chi connectivity index (χ1v) is 17.5. The van der Waals surface area contributed by atoms with Crippen LogP contribution in [0.4, 0.5) is 0 Å². The molecule has 0 aliphatic heterocycles. The molecule has 3 N–H and O–H groups in total. The van der Waals surface area contributed by atoms with Gasteiger partial charge in [-0.2, -0.15) is 4.72 Å². The SMILES string of the molecule is CCCCCCCSc1nc2ccc(S(=O)(=O)N[C@H](CC3=CC=C(CCc4ccccc4)CC3=O)C(=O)NO)cc2s1. The summed E-state index contributed by atoms with van der Waals surface area (Å²) in [6.45, 7) is 2.19. The highest BCUT2D eigenvalue weighted by atomic mass is 32.2. The van der Waals surface area contributed by atoms with Gasteiger partial charge in [-0.05, 0) is 48.6 Å². The fraction of sp³-hybridized carbons (Fsp3) is 0.387. The van der Waals surface area contributed by atoms with Gasteiger partial charge in [0.1, 0.15) is 6.04 Å². The number of fused-ring (bicyclic) bond motifs is 1. The largest absolute Gasteiger partial charge is 0.294 e. The zero-order valence-electron chi connectivity index (χ0n) is 23.7. The summed E-state index contributed by atoms with van der Waals surface area (Å²) in [5, 5.41) is 9.30. The lowest BCUT2D eigenvalue weighted by Gasteiger charge is -2.20. The molecule has 3 aromatic rings. The predicted molar refractivity (Wildman–Crippen MR) is 168 cm³/mol. The minimum atomic E-state index is -4.15. The first-order chi connectivity index (χ1) is 20.3. The monoisotopic (exact) mass is 627 g/mol. The fourth-order valence-corrected chi connectivity index (χ4v) is 8.19. The third-order valence-corrected chi connectivity index (χ3v) is 10.8. The van der Waals surface area contributed by atoms with E-state index in [1.165, 1.54) is 54.1 Å². The van der Waals surface area contributed by atoms with Crippen molar-refractivity contribution in [2.24, 2.45) is 0 Å². The molecule has 1 aliphatic carbocycles. The van der Waals surface area contributed by atoms with E-state index in [9.17, 15) is 23.2 Å². The summed E-state index contributed by atoms with van der Waals surface area (Å²) in [6, 6.07) is 13.3. The highest BCUT2D eigenvalue weighted by Gasteiger charge is 2.29. The van der Waals surface area contributed by atoms with Crippen molar-refractivity contribution < 1.29 is 23.2 Å². The summed E-state index contributed by atoms with van der Waals surface area (Å²) < 4.78 is 30.6. The van der Waals surface area contributed by atoms with Crippen LogP contribution in [-0.2, 0) is 26.0 Å². The smallest absolute Gasteiger partial charge is 0.261 e. The molecular formula is C31H37N3O5S3. The maximum absolute atomic E-state index is 13.3. The molecule has 1 aliphatic rings. The fourth-order valence-electron chi connectivity index (χ4n) is 4.71. The van der Waals surface area contributed by atoms with E-state index in [0.717, 1.165) is 39.6 Å². The van der Waals surface area contributed by atoms with Crippen LogP contribution in [0.3, 0.4) is 0 Å². The number of ketones is 1. The van der Waals surface area contributed by atoms with Gasteiger partial charge in [-0.15, -0.1) is 11.3 Å². The lowest BCUT2D eigenvalue weighted by Crippen LogP contribution is -2.46. The Morgan fingerprint density at radius 2 is 1.86 bits per heavy atom. The number of hydrogen-bond acceptors (Lipinski definition) is 8. The van der Waals surface area contributed by atoms with E-state index in [1.54, 1.807) is 30.0 Å². The molecule has 0 unspecified atom stereocenters. The van der Waals surface area contributed by atoms with Crippen molar-refractivity contribution in [3.8, 4) is 0 Å². The van der Waals surface area contributed by atoms with Crippen LogP contribution in [0.5, 0.6) is 0 Å². The van der Waals surface area contributed by atoms with E-state index >= 15 is 0 Å². The maximum Gasteiger partial charge on any atom is 0.261 e. The number of carbonyl (C=O) groups is 2. The second kappa shape index (κ2) is 15.6. The first-order valence-electron chi connectivity index (χ1n) is 14.2. The van der Waals surface area contributed by atoms with E-state index in [0.29, 0.717) is 11.1 Å². The number of allylic oxidation sites excluding steroid dienone is 3. The van der Waals surface area contributed by atoms with Crippen molar-refractivity contribution in [2.45, 2.75) is 80.0 Å². The Kier molecular flexibility index (Phi) is 11.9. The molecule has 224 valence electrons. The van der Waals surface area contributed by atoms with Crippen molar-refractivity contribution in [1.29, 1.82) is 0 Å². The van der Waals surface area contributed by atoms with E-state index in [2.05, 4.69) is 16.6 Å². The molecule has 11 heteroatoms. The van der Waals surface area contributed by atoms with Gasteiger partial charge >= 0.3 is 0 Å². The van der Waals surface area contributed by atoms with Gasteiger partial charge in [0.15, 0.2) is 10.1 Å². The number of unbranched alkanes of at least 4 members (excludes halogenated alkanes) is 4. The van der Waals surface area contributed by atoms with Gasteiger partial charge in [-0.25, -0.2) is 18.9 Å². The van der Waals surface area contributed by atoms with Crippen LogP contribution >= 0.6 is 23.1 Å². The normalized spacial score (nSPS) is 14.5. The van der Waals surface area contributed by atoms with Crippen molar-refractivity contribution >= 4 is 55.0 Å². The van der Waals surface area contributed by atoms with Crippen LogP contribution in [-0.4, -0.2) is 42.1 Å². The van der Waals surface area contributed by atoms with Crippen molar-refractivity contribution in [3.05, 3.63) is 77.4 Å². The van der Waals surface area contributed by atoms with Gasteiger partial charge in [0.25, 0.3) is 5.91 Å². The molecule has 1 aromatic heterocycles. The summed E-state index contributed by atoms with van der Waals surface area (Å²) in [6.07, 6.45) is 11.1. The third-order valence-electron chi connectivity index (χ3n) is 7.12. The number of thioether (sulfide) groups is 1. The predicted octanol–water partition coefficient (Wildman–Crippen LogP) is 6.36. The molecule has 4 rings (SSSR count). The van der Waals surface area contributed by atoms with E-state index in [4.69, 9.17) is 0 Å². The number of carbonyl (C=O) groups excluding carboxylic acids is 2. The van der Waals surface area contributed by atoms with E-state index < -0.39 is 22.0 Å². The van der Waals surface area contributed by atoms with Crippen molar-refractivity contribution in [2.75, 3.05) is 5.75 Å². The number of hydrogen-bond donors (Lipinski definition) is 3. The standard InChI is InChI=1S/C31H37N3O5S3/c1-2-3-4-5-9-18-40-31-32-26-17-16-25(21-29(26)41-31)42(38,39)34-27(30(36)33-37)20-24-15-14-23(19-28(24)35)13-12-22-10-7-6-8-11-22/h6-8,10-11,14-17,21,27,34,37H,2-5,9,12-13,18-20H2,1H3,(H,33,36)/t27-/m1/s1. The molecular weight excluding hydrogens is 591 g/mol. The summed E-state index contributed by atoms with van der Waals surface area (Å²) in [5.74, 6) is -0.147. The molecule has 42 heavy (non-hydrogen) atoms. The second-order valence-electron chi connectivity index (χ2n) is 10.3. The highest BCUT2D eigenvalue weighted by Crippen LogP contribution is 2.32. The van der Waals surface area contributed by atoms with Crippen LogP contribution in [0.15, 0.2) is 81.1 Å². The lowest BCUT2D eigenvalue weighted by molar-refractivity contribution is -0.130. The number of sulfonamides is 1. The topological polar surface area (TPSA) is 125 Å². The van der Waals surface area contributed by atoms with Gasteiger partial charge in [0.05, 0.1) is 15.1 Å². The summed E-state index contributed by atoms with van der Waals surface area (Å²) in [7, 11) is -4.15. The third kappa shape index (κ3) is 9.08. The molecule has 0 saturated carbocycles. The van der Waals surface area contributed by atoms with Crippen LogP contribution in [0, 0.1) is 0 Å². The molecule has 8 nitrogen and oxygen atoms in total. The van der Waals surface area contributed by atoms with Crippen molar-refractivity contribution in [1.82, 2.24) is 15.2 Å². The zero-order chi connectivity index (χ0) is 30.0. The average molecular weight is 628 g/mol. The Balaban J connectivity index is 1.41. The molecule has 1 heterocycles. The van der Waals surface area contributed by atoms with Gasteiger partial charge in [-0.3, -0.25) is 14.8 Å². The van der Waals surface area contributed by atoms with E-state index in [-0.39, 0.29) is 23.5 Å². The number of aromatic nitrogens is 1. The Morgan fingerprint density at radius 1 is 1.07 bits per heavy atom. The van der Waals surface area contributed by atoms with Gasteiger partial charge in [-0.1, -0.05) is 92.4 Å².